The van der Waals surface area contributed by atoms with Gasteiger partial charge in [0.1, 0.15) is 0 Å². The lowest BCUT2D eigenvalue weighted by atomic mass is 10.2. The Balaban J connectivity index is 1.81. The van der Waals surface area contributed by atoms with Gasteiger partial charge in [0.25, 0.3) is 5.91 Å². The van der Waals surface area contributed by atoms with Gasteiger partial charge < -0.3 is 19.8 Å². The van der Waals surface area contributed by atoms with Crippen LogP contribution in [0.4, 0.5) is 5.69 Å². The van der Waals surface area contributed by atoms with Crippen molar-refractivity contribution in [2.75, 3.05) is 12.1 Å². The van der Waals surface area contributed by atoms with Crippen molar-refractivity contribution in [3.63, 3.8) is 0 Å². The van der Waals surface area contributed by atoms with E-state index in [2.05, 4.69) is 10.3 Å². The van der Waals surface area contributed by atoms with Crippen molar-refractivity contribution < 1.29 is 14.3 Å². The highest BCUT2D eigenvalue weighted by atomic mass is 16.7. The Bertz CT molecular complexity index is 604. The van der Waals surface area contributed by atoms with Gasteiger partial charge in [-0.15, -0.1) is 0 Å². The molecule has 3 rings (SSSR count). The molecule has 0 radical (unpaired) electrons. The van der Waals surface area contributed by atoms with Gasteiger partial charge in [-0.2, -0.15) is 0 Å². The third-order valence-corrected chi connectivity index (χ3v) is 2.83. The summed E-state index contributed by atoms with van der Waals surface area (Å²) in [6.07, 6.45) is 1.74. The number of benzene rings is 1. The van der Waals surface area contributed by atoms with Crippen molar-refractivity contribution in [2.24, 2.45) is 0 Å². The summed E-state index contributed by atoms with van der Waals surface area (Å²) in [7, 11) is 0. The summed E-state index contributed by atoms with van der Waals surface area (Å²) in [5.74, 6) is 1.21. The molecule has 92 valence electrons. The zero-order valence-electron chi connectivity index (χ0n) is 9.82. The molecule has 2 heterocycles. The van der Waals surface area contributed by atoms with Gasteiger partial charge in [0.05, 0.1) is 5.56 Å². The number of amides is 1. The third kappa shape index (κ3) is 1.79. The second-order valence-corrected chi connectivity index (χ2v) is 4.04. The van der Waals surface area contributed by atoms with E-state index in [9.17, 15) is 4.79 Å². The van der Waals surface area contributed by atoms with Crippen LogP contribution in [-0.4, -0.2) is 17.7 Å². The number of H-pyrrole nitrogens is 1. The fourth-order valence-electron chi connectivity index (χ4n) is 1.87. The van der Waals surface area contributed by atoms with Crippen LogP contribution in [0.3, 0.4) is 0 Å². The predicted molar refractivity (Wildman–Crippen MR) is 66.0 cm³/mol. The second-order valence-electron chi connectivity index (χ2n) is 4.04. The maximum absolute atomic E-state index is 12.0. The van der Waals surface area contributed by atoms with Crippen LogP contribution in [0.5, 0.6) is 11.5 Å². The molecule has 1 aliphatic heterocycles. The largest absolute Gasteiger partial charge is 0.454 e. The Morgan fingerprint density at radius 1 is 1.28 bits per heavy atom. The Labute approximate surface area is 104 Å². The summed E-state index contributed by atoms with van der Waals surface area (Å²) in [4.78, 5) is 15.0. The SMILES string of the molecule is Cc1[nH]ccc1C(=O)Nc1ccc2c(c1)OCO2. The number of hydrogen-bond donors (Lipinski definition) is 2. The summed E-state index contributed by atoms with van der Waals surface area (Å²) in [5.41, 5.74) is 2.16. The Morgan fingerprint density at radius 2 is 2.11 bits per heavy atom. The first kappa shape index (κ1) is 10.7. The number of ether oxygens (including phenoxy) is 2. The van der Waals surface area contributed by atoms with E-state index >= 15 is 0 Å². The van der Waals surface area contributed by atoms with Crippen molar-refractivity contribution in [3.8, 4) is 11.5 Å². The number of fused-ring (bicyclic) bond motifs is 1. The predicted octanol–water partition coefficient (Wildman–Crippen LogP) is 2.30. The van der Waals surface area contributed by atoms with Crippen molar-refractivity contribution in [1.82, 2.24) is 4.98 Å². The molecular weight excluding hydrogens is 232 g/mol. The minimum atomic E-state index is -0.146. The van der Waals surface area contributed by atoms with Crippen LogP contribution < -0.4 is 14.8 Å². The molecule has 5 heteroatoms. The number of hydrogen-bond acceptors (Lipinski definition) is 3. The highest BCUT2D eigenvalue weighted by molar-refractivity contribution is 6.05. The van der Waals surface area contributed by atoms with E-state index in [1.807, 2.05) is 6.92 Å². The van der Waals surface area contributed by atoms with Crippen molar-refractivity contribution in [3.05, 3.63) is 41.7 Å². The number of carbonyl (C=O) groups is 1. The number of aromatic nitrogens is 1. The number of aryl methyl sites for hydroxylation is 1. The van der Waals surface area contributed by atoms with Crippen LogP contribution in [0.25, 0.3) is 0 Å². The van der Waals surface area contributed by atoms with Crippen LogP contribution in [-0.2, 0) is 0 Å². The summed E-state index contributed by atoms with van der Waals surface area (Å²) in [6.45, 7) is 2.08. The molecule has 0 saturated carbocycles. The number of anilines is 1. The molecule has 1 aromatic heterocycles. The fourth-order valence-corrected chi connectivity index (χ4v) is 1.87. The number of carbonyl (C=O) groups excluding carboxylic acids is 1. The lowest BCUT2D eigenvalue weighted by Gasteiger charge is -2.05. The summed E-state index contributed by atoms with van der Waals surface area (Å²) >= 11 is 0. The van der Waals surface area contributed by atoms with Gasteiger partial charge in [-0.05, 0) is 25.1 Å². The second kappa shape index (κ2) is 4.10. The highest BCUT2D eigenvalue weighted by Crippen LogP contribution is 2.34. The molecule has 0 unspecified atom stereocenters. The average molecular weight is 244 g/mol. The van der Waals surface area contributed by atoms with Crippen LogP contribution in [0.15, 0.2) is 30.5 Å². The summed E-state index contributed by atoms with van der Waals surface area (Å²) < 4.78 is 10.5. The first-order chi connectivity index (χ1) is 8.74. The van der Waals surface area contributed by atoms with E-state index in [-0.39, 0.29) is 12.7 Å². The van der Waals surface area contributed by atoms with E-state index in [0.717, 1.165) is 5.69 Å². The van der Waals surface area contributed by atoms with Gasteiger partial charge >= 0.3 is 0 Å². The molecule has 18 heavy (non-hydrogen) atoms. The van der Waals surface area contributed by atoms with Gasteiger partial charge in [0, 0.05) is 23.6 Å². The molecule has 0 aliphatic carbocycles. The topological polar surface area (TPSA) is 63.4 Å². The molecule has 0 bridgehead atoms. The Kier molecular flexibility index (Phi) is 2.44. The zero-order valence-corrected chi connectivity index (χ0v) is 9.82. The molecule has 1 aliphatic rings. The lowest BCUT2D eigenvalue weighted by Crippen LogP contribution is -2.12. The smallest absolute Gasteiger partial charge is 0.257 e. The van der Waals surface area contributed by atoms with Crippen molar-refractivity contribution in [1.29, 1.82) is 0 Å². The van der Waals surface area contributed by atoms with E-state index in [1.165, 1.54) is 0 Å². The van der Waals surface area contributed by atoms with Gasteiger partial charge in [-0.1, -0.05) is 0 Å². The molecule has 0 atom stereocenters. The van der Waals surface area contributed by atoms with E-state index in [4.69, 9.17) is 9.47 Å². The number of nitrogens with one attached hydrogen (secondary N) is 2. The zero-order chi connectivity index (χ0) is 12.5. The minimum Gasteiger partial charge on any atom is -0.454 e. The Hall–Kier alpha value is -2.43. The van der Waals surface area contributed by atoms with E-state index in [1.54, 1.807) is 30.5 Å². The van der Waals surface area contributed by atoms with Gasteiger partial charge in [-0.25, -0.2) is 0 Å². The molecule has 2 N–H and O–H groups in total. The average Bonchev–Trinajstić information content (AvgIpc) is 2.96. The molecule has 1 aromatic carbocycles. The monoisotopic (exact) mass is 244 g/mol. The first-order valence-electron chi connectivity index (χ1n) is 5.59. The van der Waals surface area contributed by atoms with Crippen LogP contribution in [0, 0.1) is 6.92 Å². The van der Waals surface area contributed by atoms with Gasteiger partial charge in [0.2, 0.25) is 6.79 Å². The molecule has 2 aromatic rings. The van der Waals surface area contributed by atoms with Crippen LogP contribution >= 0.6 is 0 Å². The maximum Gasteiger partial charge on any atom is 0.257 e. The standard InChI is InChI=1S/C13H12N2O3/c1-8-10(4-5-14-8)13(16)15-9-2-3-11-12(6-9)18-7-17-11/h2-6,14H,7H2,1H3,(H,15,16). The van der Waals surface area contributed by atoms with E-state index in [0.29, 0.717) is 22.7 Å². The van der Waals surface area contributed by atoms with Crippen molar-refractivity contribution >= 4 is 11.6 Å². The molecule has 0 spiro atoms. The quantitative estimate of drug-likeness (QED) is 0.852. The van der Waals surface area contributed by atoms with E-state index < -0.39 is 0 Å². The summed E-state index contributed by atoms with van der Waals surface area (Å²) in [5, 5.41) is 2.82. The summed E-state index contributed by atoms with van der Waals surface area (Å²) in [6, 6.07) is 7.06. The molecule has 0 saturated heterocycles. The maximum atomic E-state index is 12.0. The third-order valence-electron chi connectivity index (χ3n) is 2.83. The van der Waals surface area contributed by atoms with Crippen LogP contribution in [0.1, 0.15) is 16.1 Å². The van der Waals surface area contributed by atoms with Gasteiger partial charge in [-0.3, -0.25) is 4.79 Å². The molecule has 0 fully saturated rings. The number of aromatic amines is 1. The molecular formula is C13H12N2O3. The van der Waals surface area contributed by atoms with Crippen molar-refractivity contribution in [2.45, 2.75) is 6.92 Å². The highest BCUT2D eigenvalue weighted by Gasteiger charge is 2.15. The fraction of sp³-hybridized carbons (Fsp3) is 0.154. The lowest BCUT2D eigenvalue weighted by molar-refractivity contribution is 0.102. The Morgan fingerprint density at radius 3 is 2.89 bits per heavy atom. The first-order valence-corrected chi connectivity index (χ1v) is 5.59. The van der Waals surface area contributed by atoms with Gasteiger partial charge in [0.15, 0.2) is 11.5 Å². The normalized spacial score (nSPS) is 12.5. The van der Waals surface area contributed by atoms with Crippen LogP contribution in [0.2, 0.25) is 0 Å². The molecule has 1 amide bonds. The molecule has 5 nitrogen and oxygen atoms in total. The number of rotatable bonds is 2. The minimum absolute atomic E-state index is 0.146.